The molecular weight excluding hydrogens is 470 g/mol. The minimum Gasteiger partial charge on any atom is -0.490 e. The molecule has 0 aromatic heterocycles. The van der Waals surface area contributed by atoms with Gasteiger partial charge in [-0.3, -0.25) is 9.59 Å². The molecular formula is C30H35NO6. The molecule has 1 aliphatic heterocycles. The Morgan fingerprint density at radius 2 is 1.76 bits per heavy atom. The molecule has 1 aliphatic carbocycles. The SMILES string of the molecule is CCc1ccc(Cc2cc(C3CC(OC(C)=O)CC(COC(C)=O)O3)c(OC3CCC3)cc2C#N)cc1. The number of hydrogen-bond donors (Lipinski definition) is 0. The molecule has 3 unspecified atom stereocenters. The second-order valence-corrected chi connectivity index (χ2v) is 9.93. The molecule has 0 spiro atoms. The molecule has 1 heterocycles. The number of nitriles is 1. The fraction of sp³-hybridized carbons (Fsp3) is 0.500. The van der Waals surface area contributed by atoms with Crippen LogP contribution in [0.15, 0.2) is 36.4 Å². The number of benzene rings is 2. The van der Waals surface area contributed by atoms with Gasteiger partial charge in [-0.1, -0.05) is 31.2 Å². The van der Waals surface area contributed by atoms with Crippen molar-refractivity contribution in [1.29, 1.82) is 5.26 Å². The van der Waals surface area contributed by atoms with Crippen LogP contribution in [-0.2, 0) is 36.6 Å². The van der Waals surface area contributed by atoms with Gasteiger partial charge in [-0.15, -0.1) is 0 Å². The predicted molar refractivity (Wildman–Crippen MR) is 137 cm³/mol. The molecule has 2 fully saturated rings. The largest absolute Gasteiger partial charge is 0.490 e. The number of carbonyl (C=O) groups excluding carboxylic acids is 2. The Balaban J connectivity index is 1.68. The summed E-state index contributed by atoms with van der Waals surface area (Å²) in [5.74, 6) is -0.122. The highest BCUT2D eigenvalue weighted by Gasteiger charge is 2.35. The van der Waals surface area contributed by atoms with Gasteiger partial charge in [0.1, 0.15) is 18.5 Å². The van der Waals surface area contributed by atoms with Crippen LogP contribution in [0.25, 0.3) is 0 Å². The topological polar surface area (TPSA) is 94.8 Å². The lowest BCUT2D eigenvalue weighted by molar-refractivity contribution is -0.169. The lowest BCUT2D eigenvalue weighted by Crippen LogP contribution is -2.37. The lowest BCUT2D eigenvalue weighted by Gasteiger charge is -2.36. The van der Waals surface area contributed by atoms with Crippen molar-refractivity contribution in [2.45, 2.75) is 90.1 Å². The molecule has 2 aromatic carbocycles. The molecule has 0 amide bonds. The Bertz CT molecular complexity index is 1150. The minimum atomic E-state index is -0.442. The number of hydrogen-bond acceptors (Lipinski definition) is 7. The van der Waals surface area contributed by atoms with Crippen molar-refractivity contribution in [1.82, 2.24) is 0 Å². The van der Waals surface area contributed by atoms with Crippen molar-refractivity contribution in [3.8, 4) is 11.8 Å². The van der Waals surface area contributed by atoms with E-state index in [2.05, 4.69) is 37.3 Å². The molecule has 1 saturated heterocycles. The van der Waals surface area contributed by atoms with Gasteiger partial charge in [0.05, 0.1) is 29.9 Å². The van der Waals surface area contributed by atoms with E-state index in [0.29, 0.717) is 30.6 Å². The van der Waals surface area contributed by atoms with Crippen molar-refractivity contribution in [2.75, 3.05) is 6.61 Å². The minimum absolute atomic E-state index is 0.0787. The highest BCUT2D eigenvalue weighted by molar-refractivity contribution is 5.66. The molecule has 2 aromatic rings. The maximum atomic E-state index is 11.8. The molecule has 37 heavy (non-hydrogen) atoms. The summed E-state index contributed by atoms with van der Waals surface area (Å²) >= 11 is 0. The van der Waals surface area contributed by atoms with E-state index in [0.717, 1.165) is 42.4 Å². The van der Waals surface area contributed by atoms with E-state index in [1.807, 2.05) is 12.1 Å². The first-order valence-electron chi connectivity index (χ1n) is 13.1. The number of nitrogens with zero attached hydrogens (tertiary/aromatic N) is 1. The first-order chi connectivity index (χ1) is 17.8. The Morgan fingerprint density at radius 3 is 2.35 bits per heavy atom. The average molecular weight is 506 g/mol. The molecule has 0 radical (unpaired) electrons. The summed E-state index contributed by atoms with van der Waals surface area (Å²) in [5, 5.41) is 9.97. The van der Waals surface area contributed by atoms with Crippen molar-refractivity contribution in [3.05, 3.63) is 64.2 Å². The lowest BCUT2D eigenvalue weighted by atomic mass is 9.90. The molecule has 7 heteroatoms. The second kappa shape index (κ2) is 12.2. The third kappa shape index (κ3) is 7.11. The van der Waals surface area contributed by atoms with Gasteiger partial charge in [0.15, 0.2) is 0 Å². The number of ether oxygens (including phenoxy) is 4. The summed E-state index contributed by atoms with van der Waals surface area (Å²) in [6.45, 7) is 4.95. The second-order valence-electron chi connectivity index (χ2n) is 9.93. The summed E-state index contributed by atoms with van der Waals surface area (Å²) in [6, 6.07) is 14.6. The normalized spacial score (nSPS) is 21.4. The maximum absolute atomic E-state index is 11.8. The van der Waals surface area contributed by atoms with Crippen LogP contribution in [0.5, 0.6) is 5.75 Å². The van der Waals surface area contributed by atoms with Gasteiger partial charge in [0.25, 0.3) is 0 Å². The van der Waals surface area contributed by atoms with Gasteiger partial charge >= 0.3 is 11.9 Å². The van der Waals surface area contributed by atoms with Crippen LogP contribution < -0.4 is 4.74 Å². The third-order valence-electron chi connectivity index (χ3n) is 7.04. The van der Waals surface area contributed by atoms with E-state index in [1.165, 1.54) is 19.4 Å². The van der Waals surface area contributed by atoms with Crippen molar-refractivity contribution >= 4 is 11.9 Å². The number of carbonyl (C=O) groups is 2. The highest BCUT2D eigenvalue weighted by Crippen LogP contribution is 2.41. The zero-order valence-electron chi connectivity index (χ0n) is 21.8. The fourth-order valence-electron chi connectivity index (χ4n) is 4.85. The molecule has 1 saturated carbocycles. The zero-order chi connectivity index (χ0) is 26.4. The van der Waals surface area contributed by atoms with Gasteiger partial charge < -0.3 is 18.9 Å². The molecule has 3 atom stereocenters. The van der Waals surface area contributed by atoms with Crippen molar-refractivity contribution in [3.63, 3.8) is 0 Å². The van der Waals surface area contributed by atoms with Gasteiger partial charge in [-0.2, -0.15) is 5.26 Å². The van der Waals surface area contributed by atoms with Gasteiger partial charge in [-0.05, 0) is 60.9 Å². The first-order valence-corrected chi connectivity index (χ1v) is 13.1. The van der Waals surface area contributed by atoms with E-state index in [1.54, 1.807) is 0 Å². The Hall–Kier alpha value is -3.37. The molecule has 0 N–H and O–H groups in total. The smallest absolute Gasteiger partial charge is 0.302 e. The van der Waals surface area contributed by atoms with Crippen LogP contribution in [0, 0.1) is 11.3 Å². The molecule has 196 valence electrons. The van der Waals surface area contributed by atoms with Crippen molar-refractivity contribution in [2.24, 2.45) is 0 Å². The third-order valence-corrected chi connectivity index (χ3v) is 7.04. The maximum Gasteiger partial charge on any atom is 0.302 e. The summed E-state index contributed by atoms with van der Waals surface area (Å²) in [6.07, 6.45) is 4.40. The van der Waals surface area contributed by atoms with E-state index < -0.39 is 18.2 Å². The molecule has 7 nitrogen and oxygen atoms in total. The average Bonchev–Trinajstić information content (AvgIpc) is 2.85. The quantitative estimate of drug-likeness (QED) is 0.424. The zero-order valence-corrected chi connectivity index (χ0v) is 21.8. The van der Waals surface area contributed by atoms with E-state index in [-0.39, 0.29) is 24.8 Å². The Morgan fingerprint density at radius 1 is 1.03 bits per heavy atom. The Labute approximate surface area is 218 Å². The molecule has 0 bridgehead atoms. The monoisotopic (exact) mass is 505 g/mol. The van der Waals surface area contributed by atoms with Crippen molar-refractivity contribution < 1.29 is 28.5 Å². The number of rotatable bonds is 9. The number of esters is 2. The van der Waals surface area contributed by atoms with Gasteiger partial charge in [0, 0.05) is 32.3 Å². The van der Waals surface area contributed by atoms with E-state index in [9.17, 15) is 14.9 Å². The van der Waals surface area contributed by atoms with Crippen LogP contribution in [0.4, 0.5) is 0 Å². The summed E-state index contributed by atoms with van der Waals surface area (Å²) in [4.78, 5) is 23.2. The van der Waals surface area contributed by atoms with Gasteiger partial charge in [-0.25, -0.2) is 0 Å². The van der Waals surface area contributed by atoms with E-state index in [4.69, 9.17) is 18.9 Å². The van der Waals surface area contributed by atoms with Crippen LogP contribution in [0.2, 0.25) is 0 Å². The number of aryl methyl sites for hydroxylation is 1. The van der Waals surface area contributed by atoms with Crippen LogP contribution in [0.3, 0.4) is 0 Å². The van der Waals surface area contributed by atoms with Crippen LogP contribution >= 0.6 is 0 Å². The molecule has 2 aliphatic rings. The summed E-state index contributed by atoms with van der Waals surface area (Å²) in [5.41, 5.74) is 4.66. The predicted octanol–water partition coefficient (Wildman–Crippen LogP) is 5.36. The summed E-state index contributed by atoms with van der Waals surface area (Å²) in [7, 11) is 0. The van der Waals surface area contributed by atoms with Crippen LogP contribution in [0.1, 0.15) is 86.8 Å². The first kappa shape index (κ1) is 26.7. The summed E-state index contributed by atoms with van der Waals surface area (Å²) < 4.78 is 23.5. The van der Waals surface area contributed by atoms with Crippen LogP contribution in [-0.4, -0.2) is 36.9 Å². The van der Waals surface area contributed by atoms with Gasteiger partial charge in [0.2, 0.25) is 0 Å². The Kier molecular flexibility index (Phi) is 8.83. The fourth-order valence-corrected chi connectivity index (χ4v) is 4.85. The highest BCUT2D eigenvalue weighted by atomic mass is 16.6. The standard InChI is InChI=1S/C30H35NO6/c1-4-21-8-10-22(11-9-21)12-23-13-28(29(14-24(23)17-31)36-25-6-5-7-25)30-16-26(35-20(3)33)15-27(37-30)18-34-19(2)32/h8-11,13-14,25-27,30H,4-7,12,15-16,18H2,1-3H3. The van der Waals surface area contributed by atoms with E-state index >= 15 is 0 Å². The molecule has 4 rings (SSSR count).